The van der Waals surface area contributed by atoms with Gasteiger partial charge in [-0.05, 0) is 24.8 Å². The fourth-order valence-corrected chi connectivity index (χ4v) is 4.24. The Morgan fingerprint density at radius 2 is 2.00 bits per heavy atom. The number of rotatable bonds is 7. The van der Waals surface area contributed by atoms with E-state index in [1.54, 1.807) is 18.3 Å². The maximum absolute atomic E-state index is 13.1. The molecule has 1 saturated heterocycles. The number of nitrogens with zero attached hydrogens (tertiary/aromatic N) is 3. The number of ether oxygens (including phenoxy) is 2. The molecule has 0 radical (unpaired) electrons. The molecule has 8 heteroatoms. The molecule has 1 fully saturated rings. The van der Waals surface area contributed by atoms with Gasteiger partial charge in [0, 0.05) is 39.3 Å². The summed E-state index contributed by atoms with van der Waals surface area (Å²) in [5, 5.41) is 2.96. The molecule has 0 aliphatic carbocycles. The molecule has 2 aromatic rings. The highest BCUT2D eigenvalue weighted by molar-refractivity contribution is 5.93. The van der Waals surface area contributed by atoms with Crippen LogP contribution in [0.2, 0.25) is 0 Å². The molecule has 166 valence electrons. The maximum atomic E-state index is 13.1. The maximum Gasteiger partial charge on any atom is 0.274 e. The predicted octanol–water partition coefficient (Wildman–Crippen LogP) is 2.16. The topological polar surface area (TPSA) is 85.7 Å². The summed E-state index contributed by atoms with van der Waals surface area (Å²) in [6, 6.07) is 10.1. The van der Waals surface area contributed by atoms with Crippen molar-refractivity contribution in [2.24, 2.45) is 5.92 Å². The van der Waals surface area contributed by atoms with Gasteiger partial charge in [0.15, 0.2) is 5.69 Å². The van der Waals surface area contributed by atoms with Crippen molar-refractivity contribution in [1.82, 2.24) is 19.8 Å². The smallest absolute Gasteiger partial charge is 0.274 e. The summed E-state index contributed by atoms with van der Waals surface area (Å²) < 4.78 is 13.1. The predicted molar refractivity (Wildman–Crippen MR) is 114 cm³/mol. The average molecular weight is 427 g/mol. The number of imidazole rings is 1. The minimum absolute atomic E-state index is 0.0380. The average Bonchev–Trinajstić information content (AvgIpc) is 3.25. The van der Waals surface area contributed by atoms with Crippen LogP contribution < -0.4 is 5.32 Å². The van der Waals surface area contributed by atoms with Gasteiger partial charge in [-0.3, -0.25) is 9.59 Å². The summed E-state index contributed by atoms with van der Waals surface area (Å²) in [7, 11) is 1.65. The lowest BCUT2D eigenvalue weighted by Gasteiger charge is -2.31. The minimum atomic E-state index is -0.0746. The Kier molecular flexibility index (Phi) is 6.99. The van der Waals surface area contributed by atoms with E-state index in [1.165, 1.54) is 0 Å². The van der Waals surface area contributed by atoms with Gasteiger partial charge < -0.3 is 24.3 Å². The third-order valence-electron chi connectivity index (χ3n) is 6.08. The van der Waals surface area contributed by atoms with Crippen molar-refractivity contribution in [3.05, 3.63) is 53.6 Å². The molecule has 0 saturated carbocycles. The van der Waals surface area contributed by atoms with Crippen LogP contribution in [-0.2, 0) is 27.4 Å². The number of nitrogens with one attached hydrogen (secondary N) is 1. The minimum Gasteiger partial charge on any atom is -0.385 e. The van der Waals surface area contributed by atoms with Crippen LogP contribution in [-0.4, -0.2) is 59.6 Å². The SMILES string of the molecule is COCCCNC(=O)C1CCN(C(=O)c2ncn3c2CO[C@@H](c2ccccc2)C3)CC1. The number of carbonyl (C=O) groups is 2. The number of fused-ring (bicyclic) bond motifs is 1. The van der Waals surface area contributed by atoms with Crippen LogP contribution in [0.4, 0.5) is 0 Å². The first kappa shape index (κ1) is 21.5. The van der Waals surface area contributed by atoms with Crippen LogP contribution in [0, 0.1) is 5.92 Å². The number of hydrogen-bond acceptors (Lipinski definition) is 5. The lowest BCUT2D eigenvalue weighted by Crippen LogP contribution is -2.43. The van der Waals surface area contributed by atoms with E-state index in [0.717, 1.165) is 17.7 Å². The Balaban J connectivity index is 1.31. The van der Waals surface area contributed by atoms with E-state index in [9.17, 15) is 9.59 Å². The molecule has 2 aliphatic heterocycles. The van der Waals surface area contributed by atoms with Gasteiger partial charge in [-0.15, -0.1) is 0 Å². The number of methoxy groups -OCH3 is 1. The second-order valence-electron chi connectivity index (χ2n) is 8.11. The van der Waals surface area contributed by atoms with Crippen LogP contribution in [0.15, 0.2) is 36.7 Å². The molecular weight excluding hydrogens is 396 g/mol. The fraction of sp³-hybridized carbons (Fsp3) is 0.522. The van der Waals surface area contributed by atoms with E-state index < -0.39 is 0 Å². The Bertz CT molecular complexity index is 890. The molecule has 0 unspecified atom stereocenters. The van der Waals surface area contributed by atoms with Gasteiger partial charge in [-0.1, -0.05) is 30.3 Å². The zero-order valence-corrected chi connectivity index (χ0v) is 18.0. The molecule has 31 heavy (non-hydrogen) atoms. The monoisotopic (exact) mass is 426 g/mol. The zero-order chi connectivity index (χ0) is 21.6. The van der Waals surface area contributed by atoms with E-state index in [0.29, 0.717) is 57.9 Å². The number of aromatic nitrogens is 2. The molecule has 2 aliphatic rings. The third kappa shape index (κ3) is 4.97. The first-order valence-corrected chi connectivity index (χ1v) is 10.9. The van der Waals surface area contributed by atoms with E-state index >= 15 is 0 Å². The molecule has 0 bridgehead atoms. The standard InChI is InChI=1S/C23H30N4O4/c1-30-13-5-10-24-22(28)18-8-11-26(12-9-18)23(29)21-19-15-31-20(14-27(19)16-25-21)17-6-3-2-4-7-17/h2-4,6-7,16,18,20H,5,8-15H2,1H3,(H,24,28)/t20-/m1/s1. The molecule has 2 amide bonds. The molecule has 1 aromatic heterocycles. The summed E-state index contributed by atoms with van der Waals surface area (Å²) in [6.45, 7) is 3.39. The van der Waals surface area contributed by atoms with Crippen LogP contribution in [0.3, 0.4) is 0 Å². The highest BCUT2D eigenvalue weighted by Crippen LogP contribution is 2.28. The highest BCUT2D eigenvalue weighted by atomic mass is 16.5. The molecule has 1 N–H and O–H groups in total. The summed E-state index contributed by atoms with van der Waals surface area (Å²) in [6.07, 6.45) is 3.85. The van der Waals surface area contributed by atoms with Gasteiger partial charge in [0.05, 0.1) is 25.2 Å². The van der Waals surface area contributed by atoms with Gasteiger partial charge >= 0.3 is 0 Å². The molecule has 1 aromatic carbocycles. The molecular formula is C23H30N4O4. The van der Waals surface area contributed by atoms with Gasteiger partial charge in [0.1, 0.15) is 6.10 Å². The summed E-state index contributed by atoms with van der Waals surface area (Å²) in [5.74, 6) is -0.0464. The second kappa shape index (κ2) is 10.1. The number of amides is 2. The lowest BCUT2D eigenvalue weighted by atomic mass is 9.95. The first-order chi connectivity index (χ1) is 15.2. The summed E-state index contributed by atoms with van der Waals surface area (Å²) in [4.78, 5) is 31.6. The van der Waals surface area contributed by atoms with Gasteiger partial charge in [-0.2, -0.15) is 0 Å². The van der Waals surface area contributed by atoms with Crippen molar-refractivity contribution in [3.63, 3.8) is 0 Å². The number of carbonyl (C=O) groups excluding carboxylic acids is 2. The Morgan fingerprint density at radius 3 is 2.74 bits per heavy atom. The van der Waals surface area contributed by atoms with E-state index in [4.69, 9.17) is 9.47 Å². The Hall–Kier alpha value is -2.71. The number of piperidine rings is 1. The Morgan fingerprint density at radius 1 is 1.23 bits per heavy atom. The molecule has 3 heterocycles. The van der Waals surface area contributed by atoms with Crippen LogP contribution in [0.1, 0.15) is 47.1 Å². The van der Waals surface area contributed by atoms with E-state index in [-0.39, 0.29) is 23.8 Å². The summed E-state index contributed by atoms with van der Waals surface area (Å²) >= 11 is 0. The van der Waals surface area contributed by atoms with Gasteiger partial charge in [0.25, 0.3) is 5.91 Å². The van der Waals surface area contributed by atoms with Crippen molar-refractivity contribution in [2.45, 2.75) is 38.5 Å². The van der Waals surface area contributed by atoms with Crippen LogP contribution in [0.25, 0.3) is 0 Å². The number of benzene rings is 1. The van der Waals surface area contributed by atoms with Crippen LogP contribution >= 0.6 is 0 Å². The third-order valence-corrected chi connectivity index (χ3v) is 6.08. The van der Waals surface area contributed by atoms with E-state index in [2.05, 4.69) is 22.4 Å². The molecule has 8 nitrogen and oxygen atoms in total. The van der Waals surface area contributed by atoms with Crippen molar-refractivity contribution < 1.29 is 19.1 Å². The quantitative estimate of drug-likeness (QED) is 0.686. The van der Waals surface area contributed by atoms with Crippen molar-refractivity contribution in [1.29, 1.82) is 0 Å². The van der Waals surface area contributed by atoms with Crippen LogP contribution in [0.5, 0.6) is 0 Å². The second-order valence-corrected chi connectivity index (χ2v) is 8.11. The molecule has 4 rings (SSSR count). The van der Waals surface area contributed by atoms with Gasteiger partial charge in [0.2, 0.25) is 5.91 Å². The fourth-order valence-electron chi connectivity index (χ4n) is 4.24. The first-order valence-electron chi connectivity index (χ1n) is 10.9. The largest absolute Gasteiger partial charge is 0.385 e. The molecule has 1 atom stereocenters. The Labute approximate surface area is 182 Å². The normalized spacial score (nSPS) is 19.1. The highest BCUT2D eigenvalue weighted by Gasteiger charge is 2.32. The van der Waals surface area contributed by atoms with Crippen molar-refractivity contribution >= 4 is 11.8 Å². The van der Waals surface area contributed by atoms with Crippen molar-refractivity contribution in [3.8, 4) is 0 Å². The summed E-state index contributed by atoms with van der Waals surface area (Å²) in [5.41, 5.74) is 2.42. The van der Waals surface area contributed by atoms with Gasteiger partial charge in [-0.25, -0.2) is 4.98 Å². The number of hydrogen-bond donors (Lipinski definition) is 1. The number of likely N-dealkylation sites (tertiary alicyclic amines) is 1. The van der Waals surface area contributed by atoms with Crippen molar-refractivity contribution in [2.75, 3.05) is 33.4 Å². The molecule has 0 spiro atoms. The van der Waals surface area contributed by atoms with E-state index in [1.807, 2.05) is 22.8 Å². The lowest BCUT2D eigenvalue weighted by molar-refractivity contribution is -0.126. The zero-order valence-electron chi connectivity index (χ0n) is 18.0.